The summed E-state index contributed by atoms with van der Waals surface area (Å²) in [7, 11) is 0. The van der Waals surface area contributed by atoms with Crippen LogP contribution in [0.4, 0.5) is 10.9 Å². The summed E-state index contributed by atoms with van der Waals surface area (Å²) in [6.45, 7) is -0.0816. The fourth-order valence-electron chi connectivity index (χ4n) is 3.64. The van der Waals surface area contributed by atoms with E-state index in [1.165, 1.54) is 26.8 Å². The molecule has 0 saturated heterocycles. The van der Waals surface area contributed by atoms with Crippen LogP contribution in [0.3, 0.4) is 0 Å². The van der Waals surface area contributed by atoms with Crippen molar-refractivity contribution in [3.63, 3.8) is 0 Å². The van der Waals surface area contributed by atoms with Gasteiger partial charge in [0.1, 0.15) is 17.2 Å². The molecule has 38 heavy (non-hydrogen) atoms. The molecule has 0 aliphatic heterocycles. The molecule has 0 bridgehead atoms. The van der Waals surface area contributed by atoms with Crippen LogP contribution in [0.15, 0.2) is 65.6 Å². The van der Waals surface area contributed by atoms with Crippen molar-refractivity contribution in [1.29, 1.82) is 0 Å². The molecule has 0 aliphatic carbocycles. The first-order valence-electron chi connectivity index (χ1n) is 11.8. The monoisotopic (exact) mass is 546 g/mol. The maximum Gasteiger partial charge on any atom is 0.276 e. The maximum atomic E-state index is 12.4. The second kappa shape index (κ2) is 11.8. The summed E-state index contributed by atoms with van der Waals surface area (Å²) < 4.78 is 2.27. The van der Waals surface area contributed by atoms with Crippen LogP contribution in [0, 0.1) is 0 Å². The Kier molecular flexibility index (Phi) is 7.85. The smallest absolute Gasteiger partial charge is 0.276 e. The number of carbonyl (C=O) groups excluding carboxylic acids is 2. The van der Waals surface area contributed by atoms with Gasteiger partial charge in [-0.25, -0.2) is 0 Å². The Morgan fingerprint density at radius 2 is 1.71 bits per heavy atom. The minimum atomic E-state index is -0.339. The number of anilines is 2. The topological polar surface area (TPSA) is 145 Å². The third-order valence-electron chi connectivity index (χ3n) is 5.49. The zero-order valence-electron chi connectivity index (χ0n) is 20.0. The van der Waals surface area contributed by atoms with Crippen LogP contribution in [-0.2, 0) is 24.2 Å². The minimum absolute atomic E-state index is 0.0816. The van der Waals surface area contributed by atoms with E-state index in [-0.39, 0.29) is 23.9 Å². The summed E-state index contributed by atoms with van der Waals surface area (Å²) in [6, 6.07) is 15.9. The Bertz CT molecular complexity index is 1610. The number of pyridine rings is 1. The first-order chi connectivity index (χ1) is 18.5. The molecule has 5 aromatic rings. The van der Waals surface area contributed by atoms with Crippen molar-refractivity contribution in [2.75, 3.05) is 10.6 Å². The third-order valence-corrected chi connectivity index (χ3v) is 7.45. The van der Waals surface area contributed by atoms with Crippen LogP contribution in [0.25, 0.3) is 10.1 Å². The Balaban J connectivity index is 1.05. The van der Waals surface area contributed by atoms with E-state index in [0.29, 0.717) is 22.0 Å². The van der Waals surface area contributed by atoms with Crippen molar-refractivity contribution in [1.82, 2.24) is 29.3 Å². The Morgan fingerprint density at radius 1 is 0.868 bits per heavy atom. The molecule has 4 heterocycles. The number of nitrogens with zero attached hydrogens (tertiary/aromatic N) is 6. The maximum absolute atomic E-state index is 12.4. The van der Waals surface area contributed by atoms with Gasteiger partial charge in [-0.3, -0.25) is 28.6 Å². The molecule has 5 rings (SSSR count). The van der Waals surface area contributed by atoms with E-state index in [0.717, 1.165) is 41.1 Å². The quantitative estimate of drug-likeness (QED) is 0.253. The van der Waals surface area contributed by atoms with E-state index >= 15 is 0 Å². The summed E-state index contributed by atoms with van der Waals surface area (Å²) >= 11 is 2.60. The van der Waals surface area contributed by atoms with Crippen LogP contribution in [0.5, 0.6) is 0 Å². The van der Waals surface area contributed by atoms with E-state index in [2.05, 4.69) is 36.0 Å². The number of fused-ring (bicyclic) bond motifs is 1. The van der Waals surface area contributed by atoms with Gasteiger partial charge in [-0.1, -0.05) is 41.1 Å². The average molecular weight is 547 g/mol. The van der Waals surface area contributed by atoms with Crippen molar-refractivity contribution in [3.05, 3.63) is 87.5 Å². The number of rotatable bonds is 10. The van der Waals surface area contributed by atoms with E-state index in [1.807, 2.05) is 18.2 Å². The van der Waals surface area contributed by atoms with Crippen molar-refractivity contribution >= 4 is 55.7 Å². The lowest BCUT2D eigenvalue weighted by Gasteiger charge is -2.05. The number of unbranched alkanes of at least 4 members (excludes halogenated alkanes) is 1. The number of aromatic nitrogens is 6. The standard InChI is InChI=1S/C25H22N8O3S2/c34-21(15-33-24(36)17-8-2-3-10-19(17)38-33)27-20-13-12-16(29-30-20)7-1-4-11-22-31-32-25(37-22)28-23(35)18-9-5-6-14-26-18/h2-3,5-6,8-10,12-14H,1,4,7,11,15H2,(H,27,30,34)(H,28,32,35). The van der Waals surface area contributed by atoms with Crippen molar-refractivity contribution in [3.8, 4) is 0 Å². The minimum Gasteiger partial charge on any atom is -0.308 e. The highest BCUT2D eigenvalue weighted by molar-refractivity contribution is 7.15. The molecule has 0 unspecified atom stereocenters. The first kappa shape index (κ1) is 25.3. The van der Waals surface area contributed by atoms with Gasteiger partial charge >= 0.3 is 0 Å². The summed E-state index contributed by atoms with van der Waals surface area (Å²) in [4.78, 5) is 41.0. The number of hydrogen-bond acceptors (Lipinski definition) is 10. The molecule has 4 aromatic heterocycles. The van der Waals surface area contributed by atoms with Crippen LogP contribution in [0.1, 0.15) is 34.0 Å². The highest BCUT2D eigenvalue weighted by atomic mass is 32.1. The van der Waals surface area contributed by atoms with Gasteiger partial charge in [-0.15, -0.1) is 15.3 Å². The van der Waals surface area contributed by atoms with Crippen molar-refractivity contribution in [2.45, 2.75) is 32.2 Å². The third kappa shape index (κ3) is 6.30. The molecule has 0 spiro atoms. The van der Waals surface area contributed by atoms with E-state index in [4.69, 9.17) is 0 Å². The zero-order chi connectivity index (χ0) is 26.3. The van der Waals surface area contributed by atoms with Crippen molar-refractivity contribution in [2.24, 2.45) is 0 Å². The molecule has 0 saturated carbocycles. The summed E-state index contributed by atoms with van der Waals surface area (Å²) in [6.07, 6.45) is 4.75. The summed E-state index contributed by atoms with van der Waals surface area (Å²) in [5.41, 5.74) is 0.952. The number of benzene rings is 1. The number of nitrogens with one attached hydrogen (secondary N) is 2. The molecular weight excluding hydrogens is 524 g/mol. The Morgan fingerprint density at radius 3 is 2.50 bits per heavy atom. The molecule has 192 valence electrons. The lowest BCUT2D eigenvalue weighted by Crippen LogP contribution is -2.24. The molecule has 0 fully saturated rings. The molecule has 0 atom stereocenters. The molecule has 11 nitrogen and oxygen atoms in total. The van der Waals surface area contributed by atoms with Gasteiger partial charge < -0.3 is 5.32 Å². The Labute approximate surface area is 224 Å². The normalized spacial score (nSPS) is 10.9. The molecular formula is C25H22N8O3S2. The predicted molar refractivity (Wildman–Crippen MR) is 145 cm³/mol. The van der Waals surface area contributed by atoms with Gasteiger partial charge in [0, 0.05) is 12.6 Å². The van der Waals surface area contributed by atoms with E-state index < -0.39 is 0 Å². The lowest BCUT2D eigenvalue weighted by molar-refractivity contribution is -0.116. The first-order valence-corrected chi connectivity index (χ1v) is 13.4. The van der Waals surface area contributed by atoms with Gasteiger partial charge in [-0.2, -0.15) is 5.10 Å². The largest absolute Gasteiger partial charge is 0.308 e. The fraction of sp³-hybridized carbons (Fsp3) is 0.200. The summed E-state index contributed by atoms with van der Waals surface area (Å²) in [5, 5.41) is 23.7. The second-order valence-electron chi connectivity index (χ2n) is 8.26. The van der Waals surface area contributed by atoms with Crippen LogP contribution in [0.2, 0.25) is 0 Å². The van der Waals surface area contributed by atoms with Gasteiger partial charge in [0.25, 0.3) is 11.5 Å². The average Bonchev–Trinajstić information content (AvgIpc) is 3.51. The molecule has 0 radical (unpaired) electrons. The van der Waals surface area contributed by atoms with Gasteiger partial charge in [0.2, 0.25) is 11.0 Å². The number of aryl methyl sites for hydroxylation is 2. The molecule has 0 aliphatic rings. The molecule has 2 N–H and O–H groups in total. The predicted octanol–water partition coefficient (Wildman–Crippen LogP) is 3.56. The molecule has 1 aromatic carbocycles. The summed E-state index contributed by atoms with van der Waals surface area (Å²) in [5.74, 6) is -0.323. The van der Waals surface area contributed by atoms with Crippen LogP contribution < -0.4 is 16.2 Å². The molecule has 13 heteroatoms. The van der Waals surface area contributed by atoms with Gasteiger partial charge in [0.15, 0.2) is 5.82 Å². The number of carbonyl (C=O) groups is 2. The SMILES string of the molecule is O=C(Cn1sc2ccccc2c1=O)Nc1ccc(CCCCc2nnc(NC(=O)c3ccccn3)s2)nn1. The van der Waals surface area contributed by atoms with E-state index in [1.54, 1.807) is 42.6 Å². The lowest BCUT2D eigenvalue weighted by atomic mass is 10.1. The molecule has 2 amide bonds. The highest BCUT2D eigenvalue weighted by Gasteiger charge is 2.13. The second-order valence-corrected chi connectivity index (χ2v) is 10.4. The van der Waals surface area contributed by atoms with Crippen LogP contribution in [-0.4, -0.2) is 41.1 Å². The number of hydrogen-bond donors (Lipinski definition) is 2. The zero-order valence-corrected chi connectivity index (χ0v) is 21.7. The van der Waals surface area contributed by atoms with Gasteiger partial charge in [-0.05, 0) is 55.7 Å². The van der Waals surface area contributed by atoms with Crippen LogP contribution >= 0.6 is 22.9 Å². The van der Waals surface area contributed by atoms with Crippen molar-refractivity contribution < 1.29 is 9.59 Å². The fourth-order valence-corrected chi connectivity index (χ4v) is 5.41. The Hall–Kier alpha value is -4.36. The number of amides is 2. The van der Waals surface area contributed by atoms with Gasteiger partial charge in [0.05, 0.1) is 15.8 Å². The highest BCUT2D eigenvalue weighted by Crippen LogP contribution is 2.19. The van der Waals surface area contributed by atoms with E-state index in [9.17, 15) is 14.4 Å².